The summed E-state index contributed by atoms with van der Waals surface area (Å²) in [5, 5.41) is 3.60. The van der Waals surface area contributed by atoms with E-state index in [0.29, 0.717) is 16.3 Å². The summed E-state index contributed by atoms with van der Waals surface area (Å²) in [6, 6.07) is 10.1. The lowest BCUT2D eigenvalue weighted by molar-refractivity contribution is -0.0404. The number of likely N-dealkylation sites (N-methyl/N-ethyl adjacent to an activating group) is 1. The van der Waals surface area contributed by atoms with Crippen LogP contribution in [0.2, 0.25) is 5.02 Å². The normalized spacial score (nSPS) is 25.3. The molecule has 1 N–H and O–H groups in total. The lowest BCUT2D eigenvalue weighted by Crippen LogP contribution is -2.62. The SMILES string of the molecule is COc1cncc(Cl)c1C(=O)N[C@H](c1ccccc1)C12CCC(CC1)CN2C. The number of hydrogen-bond donors (Lipinski definition) is 1. The van der Waals surface area contributed by atoms with Crippen molar-refractivity contribution in [2.75, 3.05) is 20.7 Å². The molecule has 28 heavy (non-hydrogen) atoms. The van der Waals surface area contributed by atoms with Gasteiger partial charge in [0.05, 0.1) is 24.4 Å². The van der Waals surface area contributed by atoms with Crippen LogP contribution in [0.25, 0.3) is 0 Å². The summed E-state index contributed by atoms with van der Waals surface area (Å²) < 4.78 is 5.34. The van der Waals surface area contributed by atoms with Gasteiger partial charge in [-0.3, -0.25) is 14.7 Å². The number of carbonyl (C=O) groups is 1. The monoisotopic (exact) mass is 399 g/mol. The number of pyridine rings is 1. The number of carbonyl (C=O) groups excluding carboxylic acids is 1. The minimum absolute atomic E-state index is 0.0848. The van der Waals surface area contributed by atoms with E-state index in [1.165, 1.54) is 32.3 Å². The smallest absolute Gasteiger partial charge is 0.257 e. The average Bonchev–Trinajstić information content (AvgIpc) is 2.73. The Kier molecular flexibility index (Phi) is 5.30. The van der Waals surface area contributed by atoms with Gasteiger partial charge in [0.15, 0.2) is 5.75 Å². The van der Waals surface area contributed by atoms with Gasteiger partial charge in [-0.25, -0.2) is 0 Å². The third-order valence-corrected chi connectivity index (χ3v) is 6.81. The van der Waals surface area contributed by atoms with Crippen molar-refractivity contribution in [2.45, 2.75) is 37.3 Å². The number of methoxy groups -OCH3 is 1. The molecule has 1 saturated carbocycles. The van der Waals surface area contributed by atoms with E-state index in [1.807, 2.05) is 18.2 Å². The molecule has 0 unspecified atom stereocenters. The van der Waals surface area contributed by atoms with Crippen molar-refractivity contribution in [3.63, 3.8) is 0 Å². The highest BCUT2D eigenvalue weighted by Crippen LogP contribution is 2.49. The highest BCUT2D eigenvalue weighted by Gasteiger charge is 2.50. The number of piperidine rings is 2. The first-order valence-electron chi connectivity index (χ1n) is 9.79. The minimum atomic E-state index is -0.228. The zero-order valence-electron chi connectivity index (χ0n) is 16.3. The van der Waals surface area contributed by atoms with Crippen molar-refractivity contribution in [1.82, 2.24) is 15.2 Å². The second-order valence-corrected chi connectivity index (χ2v) is 8.35. The van der Waals surface area contributed by atoms with Gasteiger partial charge in [-0.15, -0.1) is 0 Å². The van der Waals surface area contributed by atoms with Crippen LogP contribution in [0.4, 0.5) is 0 Å². The summed E-state index contributed by atoms with van der Waals surface area (Å²) in [6.07, 6.45) is 7.58. The molecule has 6 heteroatoms. The number of nitrogens with zero attached hydrogens (tertiary/aromatic N) is 2. The Balaban J connectivity index is 1.73. The largest absolute Gasteiger partial charge is 0.494 e. The van der Waals surface area contributed by atoms with Crippen LogP contribution >= 0.6 is 11.6 Å². The zero-order valence-corrected chi connectivity index (χ0v) is 17.1. The Hall–Kier alpha value is -2.11. The Morgan fingerprint density at radius 3 is 2.64 bits per heavy atom. The van der Waals surface area contributed by atoms with Crippen LogP contribution < -0.4 is 10.1 Å². The second kappa shape index (κ2) is 7.72. The molecule has 2 bridgehead atoms. The standard InChI is InChI=1S/C22H26ClN3O2/c1-26-14-15-8-10-22(26,11-9-15)20(16-6-4-3-5-7-16)25-21(27)19-17(23)12-24-13-18(19)28-2/h3-7,12-13,15,20H,8-11,14H2,1-2H3,(H,25,27)/t15?,20-,22?/m1/s1. The Bertz CT molecular complexity index is 850. The number of halogens is 1. The molecule has 2 aliphatic heterocycles. The fourth-order valence-corrected chi connectivity index (χ4v) is 5.22. The number of nitrogens with one attached hydrogen (secondary N) is 1. The molecule has 1 aromatic heterocycles. The molecule has 2 aromatic rings. The highest BCUT2D eigenvalue weighted by atomic mass is 35.5. The molecule has 1 aromatic carbocycles. The molecule has 148 valence electrons. The molecule has 1 aliphatic carbocycles. The van der Waals surface area contributed by atoms with Crippen molar-refractivity contribution < 1.29 is 9.53 Å². The molecule has 5 rings (SSSR count). The third-order valence-electron chi connectivity index (χ3n) is 6.52. The molecular formula is C22H26ClN3O2. The van der Waals surface area contributed by atoms with Crippen LogP contribution in [0.3, 0.4) is 0 Å². The zero-order chi connectivity index (χ0) is 19.7. The summed E-state index contributed by atoms with van der Waals surface area (Å²) in [5.74, 6) is 0.928. The van der Waals surface area contributed by atoms with Gasteiger partial charge in [0.1, 0.15) is 5.56 Å². The van der Waals surface area contributed by atoms with Gasteiger partial charge in [-0.05, 0) is 44.2 Å². The summed E-state index contributed by atoms with van der Waals surface area (Å²) in [7, 11) is 3.71. The molecule has 0 spiro atoms. The number of hydrogen-bond acceptors (Lipinski definition) is 4. The fourth-order valence-electron chi connectivity index (χ4n) is 4.99. The molecule has 2 saturated heterocycles. The van der Waals surface area contributed by atoms with Gasteiger partial charge >= 0.3 is 0 Å². The van der Waals surface area contributed by atoms with Crippen molar-refractivity contribution in [3.05, 3.63) is 58.9 Å². The molecular weight excluding hydrogens is 374 g/mol. The van der Waals surface area contributed by atoms with E-state index >= 15 is 0 Å². The fraction of sp³-hybridized carbons (Fsp3) is 0.455. The van der Waals surface area contributed by atoms with E-state index in [9.17, 15) is 4.79 Å². The summed E-state index contributed by atoms with van der Waals surface area (Å²) in [6.45, 7) is 1.08. The molecule has 0 radical (unpaired) electrons. The van der Waals surface area contributed by atoms with Crippen LogP contribution in [0.15, 0.2) is 42.7 Å². The van der Waals surface area contributed by atoms with Crippen LogP contribution in [-0.2, 0) is 0 Å². The van der Waals surface area contributed by atoms with Crippen molar-refractivity contribution >= 4 is 17.5 Å². The Morgan fingerprint density at radius 1 is 1.29 bits per heavy atom. The summed E-state index contributed by atoms with van der Waals surface area (Å²) in [5.41, 5.74) is 1.37. The predicted molar refractivity (Wildman–Crippen MR) is 110 cm³/mol. The van der Waals surface area contributed by atoms with Crippen LogP contribution in [-0.4, -0.2) is 42.0 Å². The number of aromatic nitrogens is 1. The maximum absolute atomic E-state index is 13.3. The van der Waals surface area contributed by atoms with Crippen LogP contribution in [0.1, 0.15) is 47.6 Å². The van der Waals surface area contributed by atoms with Crippen molar-refractivity contribution in [1.29, 1.82) is 0 Å². The molecule has 3 fully saturated rings. The Labute approximate surface area is 171 Å². The van der Waals surface area contributed by atoms with E-state index < -0.39 is 0 Å². The van der Waals surface area contributed by atoms with Gasteiger partial charge in [-0.2, -0.15) is 0 Å². The second-order valence-electron chi connectivity index (χ2n) is 7.94. The third kappa shape index (κ3) is 3.27. The number of rotatable bonds is 5. The van der Waals surface area contributed by atoms with E-state index in [2.05, 4.69) is 34.4 Å². The lowest BCUT2D eigenvalue weighted by Gasteiger charge is -2.57. The summed E-state index contributed by atoms with van der Waals surface area (Å²) in [4.78, 5) is 19.8. The van der Waals surface area contributed by atoms with E-state index in [0.717, 1.165) is 30.9 Å². The lowest BCUT2D eigenvalue weighted by atomic mass is 9.66. The highest BCUT2D eigenvalue weighted by molar-refractivity contribution is 6.34. The van der Waals surface area contributed by atoms with Gasteiger partial charge in [0, 0.05) is 18.3 Å². The summed E-state index contributed by atoms with van der Waals surface area (Å²) >= 11 is 6.31. The number of fused-ring (bicyclic) bond motifs is 3. The number of ether oxygens (including phenoxy) is 1. The van der Waals surface area contributed by atoms with Crippen LogP contribution in [0.5, 0.6) is 5.75 Å². The van der Waals surface area contributed by atoms with Gasteiger partial charge in [-0.1, -0.05) is 41.9 Å². The van der Waals surface area contributed by atoms with E-state index in [4.69, 9.17) is 16.3 Å². The predicted octanol–water partition coefficient (Wildman–Crippen LogP) is 4.09. The molecule has 1 atom stereocenters. The average molecular weight is 400 g/mol. The quantitative estimate of drug-likeness (QED) is 0.822. The van der Waals surface area contributed by atoms with Crippen molar-refractivity contribution in [3.8, 4) is 5.75 Å². The van der Waals surface area contributed by atoms with E-state index in [-0.39, 0.29) is 17.5 Å². The van der Waals surface area contributed by atoms with Gasteiger partial charge in [0.2, 0.25) is 0 Å². The minimum Gasteiger partial charge on any atom is -0.494 e. The molecule has 5 nitrogen and oxygen atoms in total. The first-order chi connectivity index (χ1) is 13.5. The molecule has 3 aliphatic rings. The maximum atomic E-state index is 13.3. The first kappa shape index (κ1) is 19.2. The maximum Gasteiger partial charge on any atom is 0.257 e. The molecule has 3 heterocycles. The van der Waals surface area contributed by atoms with Crippen LogP contribution in [0, 0.1) is 5.92 Å². The Morgan fingerprint density at radius 2 is 2.00 bits per heavy atom. The number of amides is 1. The first-order valence-corrected chi connectivity index (χ1v) is 10.2. The number of benzene rings is 1. The molecule has 1 amide bonds. The van der Waals surface area contributed by atoms with Gasteiger partial charge in [0.25, 0.3) is 5.91 Å². The van der Waals surface area contributed by atoms with Gasteiger partial charge < -0.3 is 10.1 Å². The van der Waals surface area contributed by atoms with E-state index in [1.54, 1.807) is 0 Å². The topological polar surface area (TPSA) is 54.5 Å². The van der Waals surface area contributed by atoms with Crippen molar-refractivity contribution in [2.24, 2.45) is 5.92 Å².